The molecule has 1 unspecified atom stereocenters. The summed E-state index contributed by atoms with van der Waals surface area (Å²) in [5, 5.41) is 0. The van der Waals surface area contributed by atoms with E-state index in [1.807, 2.05) is 0 Å². The molecular weight excluding hydrogens is 182 g/mol. The molecule has 0 aliphatic carbocycles. The van der Waals surface area contributed by atoms with E-state index in [2.05, 4.69) is 0 Å². The Labute approximate surface area is 84.2 Å². The Kier molecular flexibility index (Phi) is 3.24. The van der Waals surface area contributed by atoms with Crippen molar-refractivity contribution < 1.29 is 14.3 Å². The van der Waals surface area contributed by atoms with Crippen LogP contribution in [0.25, 0.3) is 0 Å². The summed E-state index contributed by atoms with van der Waals surface area (Å²) >= 11 is 0. The number of amides is 1. The number of hydrogen-bond acceptors (Lipinski definition) is 3. The second kappa shape index (κ2) is 4.64. The van der Waals surface area contributed by atoms with Crippen LogP contribution >= 0.6 is 0 Å². The number of hydrogen-bond donors (Lipinski definition) is 0. The van der Waals surface area contributed by atoms with Crippen LogP contribution in [0.2, 0.25) is 0 Å². The molecule has 4 nitrogen and oxygen atoms in total. The molecule has 0 radical (unpaired) electrons. The van der Waals surface area contributed by atoms with Gasteiger partial charge in [-0.25, -0.2) is 4.79 Å². The van der Waals surface area contributed by atoms with Crippen molar-refractivity contribution in [3.8, 4) is 0 Å². The quantitative estimate of drug-likeness (QED) is 0.672. The minimum absolute atomic E-state index is 0.144. The summed E-state index contributed by atoms with van der Waals surface area (Å²) in [4.78, 5) is 13.3. The fourth-order valence-corrected chi connectivity index (χ4v) is 1.89. The molecule has 2 aliphatic rings. The predicted octanol–water partition coefficient (Wildman–Crippen LogP) is 1.26. The highest BCUT2D eigenvalue weighted by molar-refractivity contribution is 5.67. The SMILES string of the molecule is O=C(OCC1CCOC1)N1CCCC1. The average molecular weight is 199 g/mol. The molecule has 0 N–H and O–H groups in total. The van der Waals surface area contributed by atoms with Crippen LogP contribution in [0.1, 0.15) is 19.3 Å². The lowest BCUT2D eigenvalue weighted by Crippen LogP contribution is -2.30. The van der Waals surface area contributed by atoms with Gasteiger partial charge in [0, 0.05) is 25.6 Å². The van der Waals surface area contributed by atoms with Gasteiger partial charge in [0.2, 0.25) is 0 Å². The normalized spacial score (nSPS) is 26.9. The van der Waals surface area contributed by atoms with Gasteiger partial charge < -0.3 is 14.4 Å². The molecule has 0 bridgehead atoms. The predicted molar refractivity (Wildman–Crippen MR) is 51.1 cm³/mol. The molecule has 4 heteroatoms. The minimum atomic E-state index is -0.144. The molecule has 2 aliphatic heterocycles. The monoisotopic (exact) mass is 199 g/mol. The highest BCUT2D eigenvalue weighted by atomic mass is 16.6. The first-order valence-corrected chi connectivity index (χ1v) is 5.36. The third kappa shape index (κ3) is 2.38. The van der Waals surface area contributed by atoms with Gasteiger partial charge in [0.15, 0.2) is 0 Å². The van der Waals surface area contributed by atoms with Crippen molar-refractivity contribution in [2.24, 2.45) is 5.92 Å². The summed E-state index contributed by atoms with van der Waals surface area (Å²) < 4.78 is 10.4. The van der Waals surface area contributed by atoms with Gasteiger partial charge in [-0.05, 0) is 19.3 Å². The Balaban J connectivity index is 1.66. The number of carbonyl (C=O) groups excluding carboxylic acids is 1. The molecule has 0 aromatic rings. The second-order valence-electron chi connectivity index (χ2n) is 4.00. The first kappa shape index (κ1) is 9.77. The van der Waals surface area contributed by atoms with Gasteiger partial charge in [-0.1, -0.05) is 0 Å². The topological polar surface area (TPSA) is 38.8 Å². The van der Waals surface area contributed by atoms with E-state index in [-0.39, 0.29) is 6.09 Å². The van der Waals surface area contributed by atoms with E-state index in [0.717, 1.165) is 45.6 Å². The van der Waals surface area contributed by atoms with Crippen LogP contribution in [0.3, 0.4) is 0 Å². The number of nitrogens with zero attached hydrogens (tertiary/aromatic N) is 1. The van der Waals surface area contributed by atoms with Crippen molar-refractivity contribution in [3.63, 3.8) is 0 Å². The molecular formula is C10H17NO3. The van der Waals surface area contributed by atoms with E-state index < -0.39 is 0 Å². The van der Waals surface area contributed by atoms with E-state index in [0.29, 0.717) is 12.5 Å². The van der Waals surface area contributed by atoms with Gasteiger partial charge in [-0.3, -0.25) is 0 Å². The molecule has 0 aromatic heterocycles. The number of rotatable bonds is 2. The number of carbonyl (C=O) groups is 1. The van der Waals surface area contributed by atoms with Gasteiger partial charge in [0.05, 0.1) is 13.2 Å². The fourth-order valence-electron chi connectivity index (χ4n) is 1.89. The third-order valence-electron chi connectivity index (χ3n) is 2.83. The summed E-state index contributed by atoms with van der Waals surface area (Å²) in [5.74, 6) is 0.418. The van der Waals surface area contributed by atoms with Crippen molar-refractivity contribution in [1.82, 2.24) is 4.90 Å². The van der Waals surface area contributed by atoms with Crippen molar-refractivity contribution in [2.45, 2.75) is 19.3 Å². The summed E-state index contributed by atoms with van der Waals surface area (Å²) in [6, 6.07) is 0. The van der Waals surface area contributed by atoms with Gasteiger partial charge in [-0.15, -0.1) is 0 Å². The molecule has 2 fully saturated rings. The zero-order valence-corrected chi connectivity index (χ0v) is 8.41. The zero-order valence-electron chi connectivity index (χ0n) is 8.41. The first-order valence-electron chi connectivity index (χ1n) is 5.36. The van der Waals surface area contributed by atoms with Crippen molar-refractivity contribution >= 4 is 6.09 Å². The Morgan fingerprint density at radius 3 is 2.86 bits per heavy atom. The smallest absolute Gasteiger partial charge is 0.409 e. The zero-order chi connectivity index (χ0) is 9.80. The van der Waals surface area contributed by atoms with E-state index in [9.17, 15) is 4.79 Å². The van der Waals surface area contributed by atoms with Gasteiger partial charge in [-0.2, -0.15) is 0 Å². The summed E-state index contributed by atoms with van der Waals surface area (Å²) in [7, 11) is 0. The summed E-state index contributed by atoms with van der Waals surface area (Å²) in [5.41, 5.74) is 0. The van der Waals surface area contributed by atoms with Crippen LogP contribution in [0, 0.1) is 5.92 Å². The Bertz CT molecular complexity index is 196. The fraction of sp³-hybridized carbons (Fsp3) is 0.900. The second-order valence-corrected chi connectivity index (χ2v) is 4.00. The molecule has 0 spiro atoms. The summed E-state index contributed by atoms with van der Waals surface area (Å²) in [6.07, 6.45) is 3.10. The molecule has 2 saturated heterocycles. The van der Waals surface area contributed by atoms with E-state index >= 15 is 0 Å². The number of likely N-dealkylation sites (tertiary alicyclic amines) is 1. The third-order valence-corrected chi connectivity index (χ3v) is 2.83. The first-order chi connectivity index (χ1) is 6.86. The molecule has 0 aromatic carbocycles. The largest absolute Gasteiger partial charge is 0.449 e. The van der Waals surface area contributed by atoms with Crippen LogP contribution < -0.4 is 0 Å². The van der Waals surface area contributed by atoms with Crippen LogP contribution in [0.5, 0.6) is 0 Å². The van der Waals surface area contributed by atoms with Crippen molar-refractivity contribution in [2.75, 3.05) is 32.9 Å². The maximum Gasteiger partial charge on any atom is 0.409 e. The summed E-state index contributed by atoms with van der Waals surface area (Å²) in [6.45, 7) is 3.80. The van der Waals surface area contributed by atoms with E-state index in [4.69, 9.17) is 9.47 Å². The van der Waals surface area contributed by atoms with Crippen LogP contribution in [0.4, 0.5) is 4.79 Å². The van der Waals surface area contributed by atoms with Crippen LogP contribution in [-0.4, -0.2) is 43.9 Å². The van der Waals surface area contributed by atoms with Crippen molar-refractivity contribution in [3.05, 3.63) is 0 Å². The van der Waals surface area contributed by atoms with Gasteiger partial charge in [0.1, 0.15) is 0 Å². The van der Waals surface area contributed by atoms with Gasteiger partial charge >= 0.3 is 6.09 Å². The van der Waals surface area contributed by atoms with E-state index in [1.54, 1.807) is 4.90 Å². The van der Waals surface area contributed by atoms with Crippen LogP contribution in [0.15, 0.2) is 0 Å². The van der Waals surface area contributed by atoms with E-state index in [1.165, 1.54) is 0 Å². The maximum absolute atomic E-state index is 11.5. The maximum atomic E-state index is 11.5. The molecule has 0 saturated carbocycles. The highest BCUT2D eigenvalue weighted by Crippen LogP contribution is 2.14. The molecule has 80 valence electrons. The standard InChI is InChI=1S/C10H17NO3/c12-10(11-4-1-2-5-11)14-8-9-3-6-13-7-9/h9H,1-8H2. The van der Waals surface area contributed by atoms with Crippen molar-refractivity contribution in [1.29, 1.82) is 0 Å². The molecule has 1 amide bonds. The Morgan fingerprint density at radius 2 is 2.21 bits per heavy atom. The highest BCUT2D eigenvalue weighted by Gasteiger charge is 2.22. The average Bonchev–Trinajstić information content (AvgIpc) is 2.87. The lowest BCUT2D eigenvalue weighted by atomic mass is 10.1. The Hall–Kier alpha value is -0.770. The lowest BCUT2D eigenvalue weighted by molar-refractivity contribution is 0.0895. The molecule has 1 atom stereocenters. The Morgan fingerprint density at radius 1 is 1.43 bits per heavy atom. The van der Waals surface area contributed by atoms with Crippen LogP contribution in [-0.2, 0) is 9.47 Å². The lowest BCUT2D eigenvalue weighted by Gasteiger charge is -2.16. The minimum Gasteiger partial charge on any atom is -0.449 e. The molecule has 14 heavy (non-hydrogen) atoms. The molecule has 2 rings (SSSR count). The van der Waals surface area contributed by atoms with Gasteiger partial charge in [0.25, 0.3) is 0 Å². The number of ether oxygens (including phenoxy) is 2. The molecule has 2 heterocycles.